The van der Waals surface area contributed by atoms with Crippen LogP contribution in [0.15, 0.2) is 84.4 Å². The molecule has 2 aromatic heterocycles. The van der Waals surface area contributed by atoms with Crippen molar-refractivity contribution < 1.29 is 42.6 Å². The van der Waals surface area contributed by atoms with Gasteiger partial charge in [-0.2, -0.15) is 5.10 Å². The van der Waals surface area contributed by atoms with Gasteiger partial charge in [-0.3, -0.25) is 34.0 Å². The Hall–Kier alpha value is -6.73. The predicted octanol–water partition coefficient (Wildman–Crippen LogP) is 10.1. The van der Waals surface area contributed by atoms with Crippen LogP contribution in [0.25, 0.3) is 21.3 Å². The van der Waals surface area contributed by atoms with Crippen molar-refractivity contribution in [3.63, 3.8) is 0 Å². The van der Waals surface area contributed by atoms with E-state index in [0.29, 0.717) is 124 Å². The van der Waals surface area contributed by atoms with Crippen LogP contribution in [-0.4, -0.2) is 130 Å². The monoisotopic (exact) mass is 1110 g/mol. The summed E-state index contributed by atoms with van der Waals surface area (Å²) in [7, 11) is 0. The minimum absolute atomic E-state index is 0.0233. The van der Waals surface area contributed by atoms with Gasteiger partial charge >= 0.3 is 0 Å². The minimum Gasteiger partial charge on any atom is -0.391 e. The number of rotatable bonds is 23. The van der Waals surface area contributed by atoms with Crippen molar-refractivity contribution >= 4 is 68.6 Å². The highest BCUT2D eigenvalue weighted by Crippen LogP contribution is 2.36. The quantitative estimate of drug-likeness (QED) is 0.0445. The van der Waals surface area contributed by atoms with Crippen LogP contribution in [0.2, 0.25) is 0 Å². The van der Waals surface area contributed by atoms with Crippen LogP contribution in [-0.2, 0) is 36.8 Å². The zero-order valence-electron chi connectivity index (χ0n) is 46.3. The molecule has 2 amide bonds. The van der Waals surface area contributed by atoms with Crippen LogP contribution in [0.3, 0.4) is 0 Å². The van der Waals surface area contributed by atoms with E-state index < -0.39 is 35.1 Å². The molecule has 80 heavy (non-hydrogen) atoms. The zero-order valence-corrected chi connectivity index (χ0v) is 47.1. The van der Waals surface area contributed by atoms with Gasteiger partial charge in [-0.15, -0.1) is 11.3 Å². The van der Waals surface area contributed by atoms with Crippen molar-refractivity contribution in [2.24, 2.45) is 11.3 Å². The number of hydrogen-bond donors (Lipinski definition) is 4. The smallest absolute Gasteiger partial charge is 0.258 e. The summed E-state index contributed by atoms with van der Waals surface area (Å²) in [6.45, 7) is 12.2. The first-order chi connectivity index (χ1) is 38.4. The highest BCUT2D eigenvalue weighted by Gasteiger charge is 2.44. The average molecular weight is 1110 g/mol. The Balaban J connectivity index is 0.718. The number of aliphatic hydroxyl groups is 1. The normalized spacial score (nSPS) is 17.7. The Morgan fingerprint density at radius 3 is 2.25 bits per heavy atom. The average Bonchev–Trinajstić information content (AvgIpc) is 4.17. The maximum absolute atomic E-state index is 14.2. The van der Waals surface area contributed by atoms with E-state index in [9.17, 15) is 37.9 Å². The molecule has 18 heteroatoms. The number of ketones is 3. The van der Waals surface area contributed by atoms with Crippen LogP contribution in [0.1, 0.15) is 118 Å². The molecule has 6 aromatic rings. The lowest BCUT2D eigenvalue weighted by atomic mass is 9.76. The van der Waals surface area contributed by atoms with E-state index in [0.717, 1.165) is 51.9 Å². The summed E-state index contributed by atoms with van der Waals surface area (Å²) in [5, 5.41) is 25.4. The van der Waals surface area contributed by atoms with Gasteiger partial charge in [0.25, 0.3) is 5.91 Å². The Kier molecular flexibility index (Phi) is 19.0. The van der Waals surface area contributed by atoms with Gasteiger partial charge in [0.15, 0.2) is 11.6 Å². The standard InChI is InChI=1S/C62H74F2N8O7S/c1-39-58(80-38-65-39)43-14-10-40(11-15-43)13-19-57(76)56-35-50(75)37-72(56)61(78)53(62(2,3)4)34-48(73)8-6-5-7-9-49(74)36-70-22-24-71(25-23-70)47-16-17-51(55(33-47)66-46-20-26-79-27-21-46)60(77)67-59-52-31-41(12-18-54(52)68-69-59)28-42-29-44(63)32-45(64)30-42/h10-12,14-18,29-33,38,46,50,53,56,66,75H,5-9,13,19-28,34-37H2,1-4H3,(H2,67,68,69,77)/t50-,53-,56+/m1/s1. The number of aryl methyl sites for hydroxylation is 2. The highest BCUT2D eigenvalue weighted by molar-refractivity contribution is 7.13. The third-order valence-corrected chi connectivity index (χ3v) is 16.9. The fourth-order valence-corrected chi connectivity index (χ4v) is 12.1. The summed E-state index contributed by atoms with van der Waals surface area (Å²) in [5.74, 6) is -2.16. The predicted molar refractivity (Wildman–Crippen MR) is 308 cm³/mol. The SMILES string of the molecule is Cc1ncsc1-c1ccc(CCC(=O)[C@@H]2C[C@@H](O)CN2C(=O)[C@@H](CC(=O)CCCCCC(=O)CN2CCN(c3ccc(C(=O)Nc4n[nH]c5ccc(Cc6cc(F)cc(F)c6)cc45)c(NC4CCOCC4)c3)CC2)C(C)(C)C)cc1. The molecule has 3 aliphatic rings. The third kappa shape index (κ3) is 15.0. The molecule has 3 atom stereocenters. The molecule has 15 nitrogen and oxygen atoms in total. The van der Waals surface area contributed by atoms with E-state index in [1.54, 1.807) is 11.3 Å². The topological polar surface area (TPSA) is 190 Å². The van der Waals surface area contributed by atoms with Gasteiger partial charge in [-0.25, -0.2) is 13.8 Å². The number of aromatic nitrogens is 3. The number of halogens is 2. The second-order valence-corrected chi connectivity index (χ2v) is 23.8. The van der Waals surface area contributed by atoms with Gasteiger partial charge in [0, 0.05) is 113 Å². The number of fused-ring (bicyclic) bond motifs is 1. The Morgan fingerprint density at radius 2 is 1.55 bits per heavy atom. The number of amides is 2. The van der Waals surface area contributed by atoms with Crippen molar-refractivity contribution in [1.82, 2.24) is 25.0 Å². The fourth-order valence-electron chi connectivity index (χ4n) is 11.3. The maximum atomic E-state index is 14.2. The van der Waals surface area contributed by atoms with E-state index >= 15 is 0 Å². The van der Waals surface area contributed by atoms with E-state index in [1.165, 1.54) is 17.0 Å². The summed E-state index contributed by atoms with van der Waals surface area (Å²) in [6.07, 6.45) is 4.77. The molecule has 0 aliphatic carbocycles. The number of aromatic amines is 1. The largest absolute Gasteiger partial charge is 0.391 e. The summed E-state index contributed by atoms with van der Waals surface area (Å²) in [5.41, 5.74) is 8.45. The number of carbonyl (C=O) groups excluding carboxylic acids is 5. The van der Waals surface area contributed by atoms with E-state index in [-0.39, 0.29) is 61.0 Å². The van der Waals surface area contributed by atoms with Crippen LogP contribution in [0.4, 0.5) is 26.0 Å². The molecular formula is C62H74F2N8O7S. The van der Waals surface area contributed by atoms with Crippen molar-refractivity contribution in [2.45, 2.75) is 123 Å². The number of likely N-dealkylation sites (tertiary alicyclic amines) is 1. The Morgan fingerprint density at radius 1 is 0.838 bits per heavy atom. The number of carbonyl (C=O) groups is 5. The van der Waals surface area contributed by atoms with E-state index in [4.69, 9.17) is 4.74 Å². The van der Waals surface area contributed by atoms with Crippen molar-refractivity contribution in [3.05, 3.63) is 124 Å². The molecule has 3 aliphatic heterocycles. The van der Waals surface area contributed by atoms with Gasteiger partial charge in [0.1, 0.15) is 23.2 Å². The number of piperazine rings is 1. The molecule has 0 radical (unpaired) electrons. The molecule has 424 valence electrons. The van der Waals surface area contributed by atoms with Gasteiger partial charge in [-0.1, -0.05) is 57.5 Å². The number of unbranched alkanes of at least 4 members (excludes halogenated alkanes) is 2. The molecule has 4 aromatic carbocycles. The lowest BCUT2D eigenvalue weighted by Gasteiger charge is -2.36. The number of nitrogens with one attached hydrogen (secondary N) is 3. The van der Waals surface area contributed by atoms with Crippen molar-refractivity contribution in [3.8, 4) is 10.4 Å². The van der Waals surface area contributed by atoms with E-state index in [2.05, 4.69) is 35.6 Å². The molecule has 4 N–H and O–H groups in total. The number of thiazole rings is 1. The second kappa shape index (κ2) is 26.2. The number of H-pyrrole nitrogens is 1. The second-order valence-electron chi connectivity index (χ2n) is 23.0. The summed E-state index contributed by atoms with van der Waals surface area (Å²) < 4.78 is 33.5. The highest BCUT2D eigenvalue weighted by atomic mass is 32.1. The summed E-state index contributed by atoms with van der Waals surface area (Å²) in [4.78, 5) is 80.1. The molecule has 3 fully saturated rings. The fraction of sp³-hybridized carbons (Fsp3) is 0.468. The molecule has 9 rings (SSSR count). The van der Waals surface area contributed by atoms with E-state index in [1.807, 2.05) is 93.9 Å². The number of benzene rings is 4. The Bertz CT molecular complexity index is 3140. The lowest BCUT2D eigenvalue weighted by molar-refractivity contribution is -0.145. The number of β-amino-alcohol motifs (C(OH)–C–C–N with tert-alkyl or cyclic N) is 1. The molecule has 0 unspecified atom stereocenters. The van der Waals surface area contributed by atoms with Gasteiger partial charge in [-0.05, 0) is 116 Å². The molecule has 0 bridgehead atoms. The third-order valence-electron chi connectivity index (χ3n) is 15.9. The summed E-state index contributed by atoms with van der Waals surface area (Å²) >= 11 is 1.59. The first-order valence-corrected chi connectivity index (χ1v) is 29.0. The minimum atomic E-state index is -0.808. The van der Waals surface area contributed by atoms with Crippen LogP contribution in [0.5, 0.6) is 0 Å². The maximum Gasteiger partial charge on any atom is 0.258 e. The van der Waals surface area contributed by atoms with Gasteiger partial charge in [0.2, 0.25) is 5.91 Å². The Labute approximate surface area is 470 Å². The van der Waals surface area contributed by atoms with Crippen LogP contribution in [0, 0.1) is 29.9 Å². The van der Waals surface area contributed by atoms with Gasteiger partial charge < -0.3 is 30.3 Å². The number of aliphatic hydroxyl groups excluding tert-OH is 1. The lowest BCUT2D eigenvalue weighted by Crippen LogP contribution is -2.48. The molecule has 5 heterocycles. The van der Waals surface area contributed by atoms with Gasteiger partial charge in [0.05, 0.1) is 45.9 Å². The summed E-state index contributed by atoms with van der Waals surface area (Å²) in [6, 6.07) is 22.3. The number of hydrogen-bond acceptors (Lipinski definition) is 13. The first kappa shape index (κ1) is 57.9. The number of Topliss-reactive ketones (excluding diaryl/α,β-unsaturated/α-hetero) is 3. The molecule has 0 spiro atoms. The zero-order chi connectivity index (χ0) is 56.5. The molecule has 0 saturated carbocycles. The number of anilines is 3. The van der Waals surface area contributed by atoms with Crippen molar-refractivity contribution in [2.75, 3.05) is 68.0 Å². The molecule has 3 saturated heterocycles. The van der Waals surface area contributed by atoms with Crippen LogP contribution >= 0.6 is 11.3 Å². The first-order valence-electron chi connectivity index (χ1n) is 28.2. The van der Waals surface area contributed by atoms with Crippen LogP contribution < -0.4 is 15.5 Å². The van der Waals surface area contributed by atoms with Crippen molar-refractivity contribution in [1.29, 1.82) is 0 Å². The number of ether oxygens (including phenoxy) is 1. The number of nitrogens with zero attached hydrogens (tertiary/aromatic N) is 5. The molecular weight excluding hydrogens is 1040 g/mol.